The van der Waals surface area contributed by atoms with E-state index in [0.29, 0.717) is 23.6 Å². The number of hydrogen-bond acceptors (Lipinski definition) is 5. The van der Waals surface area contributed by atoms with Gasteiger partial charge in [0.05, 0.1) is 12.2 Å². The molecule has 0 saturated carbocycles. The first-order valence-electron chi connectivity index (χ1n) is 10.1. The Morgan fingerprint density at radius 3 is 2.45 bits per heavy atom. The van der Waals surface area contributed by atoms with E-state index in [1.165, 1.54) is 16.2 Å². The Hall–Kier alpha value is -3.38. The van der Waals surface area contributed by atoms with E-state index in [-0.39, 0.29) is 11.3 Å². The quantitative estimate of drug-likeness (QED) is 0.333. The number of aliphatic hydroxyl groups is 1. The number of thiophene rings is 1. The van der Waals surface area contributed by atoms with E-state index < -0.39 is 17.7 Å². The lowest BCUT2D eigenvalue weighted by molar-refractivity contribution is -0.132. The molecule has 2 heterocycles. The summed E-state index contributed by atoms with van der Waals surface area (Å²) >= 11 is 1.47. The standard InChI is InChI=1S/C25H23NO4S/c1-4-30-19-10-8-17(9-11-19)22(27)20-21(24-16(3)12-13-31-24)26(25(29)23(20)28)18-7-5-6-15(2)14-18/h5-14,21,27H,4H2,1-3H3/b22-20-. The molecule has 1 amide bonds. The fourth-order valence-electron chi connectivity index (χ4n) is 3.82. The molecule has 158 valence electrons. The minimum Gasteiger partial charge on any atom is -0.507 e. The number of ketones is 1. The zero-order chi connectivity index (χ0) is 22.1. The maximum Gasteiger partial charge on any atom is 0.300 e. The summed E-state index contributed by atoms with van der Waals surface area (Å²) in [5, 5.41) is 13.1. The Morgan fingerprint density at radius 1 is 1.10 bits per heavy atom. The average Bonchev–Trinajstić information content (AvgIpc) is 3.29. The van der Waals surface area contributed by atoms with Crippen LogP contribution in [0.2, 0.25) is 0 Å². The molecule has 0 bridgehead atoms. The summed E-state index contributed by atoms with van der Waals surface area (Å²) in [5.41, 5.74) is 3.14. The van der Waals surface area contributed by atoms with Crippen LogP contribution in [-0.4, -0.2) is 23.4 Å². The van der Waals surface area contributed by atoms with Gasteiger partial charge >= 0.3 is 0 Å². The van der Waals surface area contributed by atoms with E-state index in [1.54, 1.807) is 24.3 Å². The van der Waals surface area contributed by atoms with E-state index in [0.717, 1.165) is 16.0 Å². The first-order chi connectivity index (χ1) is 14.9. The topological polar surface area (TPSA) is 66.8 Å². The van der Waals surface area contributed by atoms with Gasteiger partial charge in [-0.3, -0.25) is 14.5 Å². The molecule has 0 aliphatic carbocycles. The first kappa shape index (κ1) is 20.9. The number of hydrogen-bond donors (Lipinski definition) is 1. The van der Waals surface area contributed by atoms with E-state index in [9.17, 15) is 14.7 Å². The van der Waals surface area contributed by atoms with Crippen molar-refractivity contribution in [3.8, 4) is 5.75 Å². The molecule has 1 unspecified atom stereocenters. The molecular weight excluding hydrogens is 410 g/mol. The van der Waals surface area contributed by atoms with E-state index >= 15 is 0 Å². The lowest BCUT2D eigenvalue weighted by Crippen LogP contribution is -2.29. The van der Waals surface area contributed by atoms with Crippen molar-refractivity contribution in [2.45, 2.75) is 26.8 Å². The summed E-state index contributed by atoms with van der Waals surface area (Å²) in [6.07, 6.45) is 0. The van der Waals surface area contributed by atoms with Crippen molar-refractivity contribution in [1.29, 1.82) is 0 Å². The second kappa shape index (κ2) is 8.40. The molecule has 6 heteroatoms. The van der Waals surface area contributed by atoms with Crippen LogP contribution in [0.5, 0.6) is 5.75 Å². The third-order valence-electron chi connectivity index (χ3n) is 5.31. The van der Waals surface area contributed by atoms with Gasteiger partial charge in [-0.1, -0.05) is 12.1 Å². The first-order valence-corrected chi connectivity index (χ1v) is 10.9. The Kier molecular flexibility index (Phi) is 5.65. The minimum atomic E-state index is -0.689. The average molecular weight is 434 g/mol. The van der Waals surface area contributed by atoms with Gasteiger partial charge in [-0.25, -0.2) is 0 Å². The molecule has 4 rings (SSSR count). The van der Waals surface area contributed by atoms with Crippen molar-refractivity contribution in [1.82, 2.24) is 0 Å². The maximum atomic E-state index is 13.1. The van der Waals surface area contributed by atoms with Crippen molar-refractivity contribution < 1.29 is 19.4 Å². The van der Waals surface area contributed by atoms with Crippen LogP contribution in [0.15, 0.2) is 65.6 Å². The van der Waals surface area contributed by atoms with Crippen molar-refractivity contribution >= 4 is 34.5 Å². The fraction of sp³-hybridized carbons (Fsp3) is 0.200. The van der Waals surface area contributed by atoms with Crippen LogP contribution in [0.3, 0.4) is 0 Å². The Labute approximate surface area is 185 Å². The number of rotatable bonds is 5. The molecule has 1 N–H and O–H groups in total. The largest absolute Gasteiger partial charge is 0.507 e. The number of aliphatic hydroxyl groups excluding tert-OH is 1. The van der Waals surface area contributed by atoms with Gasteiger partial charge in [0.1, 0.15) is 17.6 Å². The molecule has 1 atom stereocenters. The highest BCUT2D eigenvalue weighted by molar-refractivity contribution is 7.10. The van der Waals surface area contributed by atoms with Gasteiger partial charge in [0, 0.05) is 16.1 Å². The van der Waals surface area contributed by atoms with Crippen LogP contribution in [0.4, 0.5) is 5.69 Å². The highest BCUT2D eigenvalue weighted by Crippen LogP contribution is 2.44. The van der Waals surface area contributed by atoms with Crippen LogP contribution < -0.4 is 9.64 Å². The molecule has 1 aliphatic heterocycles. The van der Waals surface area contributed by atoms with E-state index in [4.69, 9.17) is 4.74 Å². The molecule has 5 nitrogen and oxygen atoms in total. The van der Waals surface area contributed by atoms with Gasteiger partial charge in [0.2, 0.25) is 0 Å². The summed E-state index contributed by atoms with van der Waals surface area (Å²) in [7, 11) is 0. The van der Waals surface area contributed by atoms with Gasteiger partial charge in [0.15, 0.2) is 0 Å². The Bertz CT molecular complexity index is 1180. The monoisotopic (exact) mass is 433 g/mol. The second-order valence-corrected chi connectivity index (χ2v) is 8.38. The molecule has 1 fully saturated rings. The zero-order valence-corrected chi connectivity index (χ0v) is 18.4. The van der Waals surface area contributed by atoms with Crippen molar-refractivity contribution in [2.75, 3.05) is 11.5 Å². The van der Waals surface area contributed by atoms with Crippen LogP contribution >= 0.6 is 11.3 Å². The molecule has 1 saturated heterocycles. The summed E-state index contributed by atoms with van der Waals surface area (Å²) in [6, 6.07) is 15.6. The Morgan fingerprint density at radius 2 is 1.84 bits per heavy atom. The third kappa shape index (κ3) is 3.75. The molecule has 1 aliphatic rings. The van der Waals surface area contributed by atoms with E-state index in [1.807, 2.05) is 56.5 Å². The molecule has 31 heavy (non-hydrogen) atoms. The van der Waals surface area contributed by atoms with Gasteiger partial charge in [-0.05, 0) is 79.7 Å². The van der Waals surface area contributed by atoms with Crippen molar-refractivity contribution in [3.63, 3.8) is 0 Å². The van der Waals surface area contributed by atoms with Gasteiger partial charge in [-0.15, -0.1) is 11.3 Å². The van der Waals surface area contributed by atoms with Crippen LogP contribution in [0.25, 0.3) is 5.76 Å². The SMILES string of the molecule is CCOc1ccc(/C(O)=C2/C(=O)C(=O)N(c3cccc(C)c3)C2c2sccc2C)cc1. The minimum absolute atomic E-state index is 0.0983. The summed E-state index contributed by atoms with van der Waals surface area (Å²) in [5.74, 6) is -0.846. The predicted molar refractivity (Wildman–Crippen MR) is 123 cm³/mol. The number of Topliss-reactive ketones (excluding diaryl/α,β-unsaturated/α-hetero) is 1. The lowest BCUT2D eigenvalue weighted by Gasteiger charge is -2.25. The van der Waals surface area contributed by atoms with Crippen molar-refractivity contribution in [3.05, 3.63) is 87.1 Å². The number of amides is 1. The smallest absolute Gasteiger partial charge is 0.300 e. The predicted octanol–water partition coefficient (Wildman–Crippen LogP) is 5.39. The number of carbonyl (C=O) groups is 2. The summed E-state index contributed by atoms with van der Waals surface area (Å²) in [4.78, 5) is 28.6. The molecule has 0 radical (unpaired) electrons. The van der Waals surface area contributed by atoms with Gasteiger partial charge in [-0.2, -0.15) is 0 Å². The summed E-state index contributed by atoms with van der Waals surface area (Å²) < 4.78 is 5.46. The number of nitrogens with zero attached hydrogens (tertiary/aromatic N) is 1. The number of ether oxygens (including phenoxy) is 1. The lowest BCUT2D eigenvalue weighted by atomic mass is 9.98. The second-order valence-electron chi connectivity index (χ2n) is 7.43. The highest BCUT2D eigenvalue weighted by Gasteiger charge is 2.47. The van der Waals surface area contributed by atoms with Crippen LogP contribution in [0.1, 0.15) is 34.5 Å². The Balaban J connectivity index is 1.89. The van der Waals surface area contributed by atoms with Gasteiger partial charge < -0.3 is 9.84 Å². The van der Waals surface area contributed by atoms with Gasteiger partial charge in [0.25, 0.3) is 11.7 Å². The zero-order valence-electron chi connectivity index (χ0n) is 17.6. The number of carbonyl (C=O) groups excluding carboxylic acids is 2. The number of aryl methyl sites for hydroxylation is 2. The summed E-state index contributed by atoms with van der Waals surface area (Å²) in [6.45, 7) is 6.30. The fourth-order valence-corrected chi connectivity index (χ4v) is 4.85. The van der Waals surface area contributed by atoms with Crippen LogP contribution in [-0.2, 0) is 9.59 Å². The van der Waals surface area contributed by atoms with E-state index in [2.05, 4.69) is 0 Å². The normalized spacial score (nSPS) is 17.9. The molecule has 3 aromatic rings. The number of anilines is 1. The molecule has 0 spiro atoms. The van der Waals surface area contributed by atoms with Crippen LogP contribution in [0, 0.1) is 13.8 Å². The molecule has 2 aromatic carbocycles. The van der Waals surface area contributed by atoms with Crippen molar-refractivity contribution in [2.24, 2.45) is 0 Å². The molecular formula is C25H23NO4S. The maximum absolute atomic E-state index is 13.1. The highest BCUT2D eigenvalue weighted by atomic mass is 32.1. The number of benzene rings is 2. The third-order valence-corrected chi connectivity index (χ3v) is 6.38. The molecule has 1 aromatic heterocycles.